The number of nitrogens with zero attached hydrogens (tertiary/aromatic N) is 1. The number of carbonyl (C=O) groups excluding carboxylic acids is 1. The van der Waals surface area contributed by atoms with E-state index in [-0.39, 0.29) is 22.0 Å². The molecule has 0 aliphatic heterocycles. The van der Waals surface area contributed by atoms with Gasteiger partial charge in [0.05, 0.1) is 12.6 Å². The second-order valence-corrected chi connectivity index (χ2v) is 7.49. The minimum Gasteiger partial charge on any atom is -0.464 e. The molecule has 0 bridgehead atoms. The molecular formula is C11H17N3O4S2. The summed E-state index contributed by atoms with van der Waals surface area (Å²) in [7, 11) is -2.59. The minimum absolute atomic E-state index is 0.0120. The largest absolute Gasteiger partial charge is 0.464 e. The third-order valence-corrected chi connectivity index (χ3v) is 6.08. The Kier molecular flexibility index (Phi) is 4.74. The molecule has 1 aromatic rings. The molecule has 1 fully saturated rings. The summed E-state index contributed by atoms with van der Waals surface area (Å²) < 4.78 is 31.7. The quantitative estimate of drug-likeness (QED) is 0.781. The van der Waals surface area contributed by atoms with E-state index in [1.807, 2.05) is 0 Å². The average molecular weight is 319 g/mol. The van der Waals surface area contributed by atoms with Crippen LogP contribution in [-0.2, 0) is 14.8 Å². The van der Waals surface area contributed by atoms with E-state index in [0.29, 0.717) is 6.42 Å². The molecule has 9 heteroatoms. The number of rotatable bonds is 4. The van der Waals surface area contributed by atoms with Crippen LogP contribution in [-0.4, -0.2) is 38.6 Å². The molecule has 2 atom stereocenters. The maximum atomic E-state index is 12.3. The summed E-state index contributed by atoms with van der Waals surface area (Å²) in [6.07, 6.45) is 3.15. The maximum absolute atomic E-state index is 12.3. The van der Waals surface area contributed by atoms with Crippen molar-refractivity contribution in [3.05, 3.63) is 11.2 Å². The number of esters is 1. The van der Waals surface area contributed by atoms with E-state index in [2.05, 4.69) is 14.4 Å². The molecule has 3 N–H and O–H groups in total. The number of aromatic nitrogens is 1. The van der Waals surface area contributed by atoms with E-state index < -0.39 is 16.0 Å². The summed E-state index contributed by atoms with van der Waals surface area (Å²) in [6.45, 7) is 0. The fraction of sp³-hybridized carbons (Fsp3) is 0.636. The molecule has 0 saturated heterocycles. The Hall–Kier alpha value is -1.03. The number of methoxy groups -OCH3 is 1. The van der Waals surface area contributed by atoms with Crippen LogP contribution in [0, 0.1) is 0 Å². The van der Waals surface area contributed by atoms with Gasteiger partial charge < -0.3 is 10.5 Å². The molecule has 2 rings (SSSR count). The van der Waals surface area contributed by atoms with E-state index in [0.717, 1.165) is 30.6 Å². The Balaban J connectivity index is 2.18. The molecule has 1 aliphatic rings. The van der Waals surface area contributed by atoms with Crippen molar-refractivity contribution in [1.82, 2.24) is 9.71 Å². The van der Waals surface area contributed by atoms with Gasteiger partial charge in [0.2, 0.25) is 0 Å². The van der Waals surface area contributed by atoms with Crippen molar-refractivity contribution in [1.29, 1.82) is 0 Å². The molecule has 0 amide bonds. The van der Waals surface area contributed by atoms with Crippen LogP contribution in [0.25, 0.3) is 0 Å². The van der Waals surface area contributed by atoms with Crippen LogP contribution in [0.15, 0.2) is 9.72 Å². The standard InChI is InChI=1S/C11H17N3O4S2/c1-18-10(15)9-11(19-6-13-9)20(16,17)14-8-4-2-3-7(12)5-8/h6-8,14H,2-5,12H2,1H3. The number of ether oxygens (including phenoxy) is 1. The highest BCUT2D eigenvalue weighted by atomic mass is 32.2. The van der Waals surface area contributed by atoms with E-state index in [9.17, 15) is 13.2 Å². The van der Waals surface area contributed by atoms with Crippen molar-refractivity contribution in [2.75, 3.05) is 7.11 Å². The summed E-state index contributed by atoms with van der Waals surface area (Å²) >= 11 is 0.896. The monoisotopic (exact) mass is 319 g/mol. The highest BCUT2D eigenvalue weighted by Gasteiger charge is 2.30. The zero-order valence-electron chi connectivity index (χ0n) is 11.0. The summed E-state index contributed by atoms with van der Waals surface area (Å²) in [6, 6.07) is -0.186. The first-order valence-corrected chi connectivity index (χ1v) is 8.60. The van der Waals surface area contributed by atoms with Gasteiger partial charge in [-0.15, -0.1) is 11.3 Å². The lowest BCUT2D eigenvalue weighted by molar-refractivity contribution is 0.0590. The van der Waals surface area contributed by atoms with Gasteiger partial charge in [-0.25, -0.2) is 22.9 Å². The zero-order valence-corrected chi connectivity index (χ0v) is 12.7. The predicted octanol–water partition coefficient (Wildman–Crippen LogP) is 0.478. The van der Waals surface area contributed by atoms with Crippen LogP contribution in [0.3, 0.4) is 0 Å². The highest BCUT2D eigenvalue weighted by molar-refractivity contribution is 7.91. The molecule has 1 aliphatic carbocycles. The maximum Gasteiger partial charge on any atom is 0.358 e. The summed E-state index contributed by atoms with van der Waals surface area (Å²) in [5.74, 6) is -0.757. The molecule has 0 radical (unpaired) electrons. The lowest BCUT2D eigenvalue weighted by Gasteiger charge is -2.26. The van der Waals surface area contributed by atoms with Gasteiger partial charge in [0.25, 0.3) is 10.0 Å². The van der Waals surface area contributed by atoms with Gasteiger partial charge >= 0.3 is 5.97 Å². The zero-order chi connectivity index (χ0) is 14.8. The Morgan fingerprint density at radius 3 is 2.95 bits per heavy atom. The third-order valence-electron chi connectivity index (χ3n) is 3.19. The Bertz CT molecular complexity index is 584. The van der Waals surface area contributed by atoms with E-state index in [4.69, 9.17) is 5.73 Å². The first-order chi connectivity index (χ1) is 9.44. The first-order valence-electron chi connectivity index (χ1n) is 6.23. The topological polar surface area (TPSA) is 111 Å². The van der Waals surface area contributed by atoms with Gasteiger partial charge in [-0.05, 0) is 19.3 Å². The molecule has 7 nitrogen and oxygen atoms in total. The average Bonchev–Trinajstić information content (AvgIpc) is 2.87. The second-order valence-electron chi connectivity index (χ2n) is 4.72. The highest BCUT2D eigenvalue weighted by Crippen LogP contribution is 2.24. The number of thiazole rings is 1. The van der Waals surface area contributed by atoms with E-state index >= 15 is 0 Å². The molecule has 1 aromatic heterocycles. The summed E-state index contributed by atoms with van der Waals surface area (Å²) in [4.78, 5) is 15.3. The molecule has 1 heterocycles. The van der Waals surface area contributed by atoms with Gasteiger partial charge in [0.15, 0.2) is 9.90 Å². The predicted molar refractivity (Wildman–Crippen MR) is 74.0 cm³/mol. The fourth-order valence-corrected chi connectivity index (χ4v) is 4.70. The Morgan fingerprint density at radius 1 is 1.55 bits per heavy atom. The van der Waals surface area contributed by atoms with Crippen LogP contribution < -0.4 is 10.5 Å². The Labute approximate surface area is 121 Å². The van der Waals surface area contributed by atoms with Crippen molar-refractivity contribution in [3.8, 4) is 0 Å². The van der Waals surface area contributed by atoms with Gasteiger partial charge in [0.1, 0.15) is 0 Å². The van der Waals surface area contributed by atoms with Gasteiger partial charge in [0, 0.05) is 12.1 Å². The summed E-state index contributed by atoms with van der Waals surface area (Å²) in [5, 5.41) is 0. The van der Waals surface area contributed by atoms with Crippen molar-refractivity contribution in [2.45, 2.75) is 42.0 Å². The van der Waals surface area contributed by atoms with E-state index in [1.165, 1.54) is 12.6 Å². The van der Waals surface area contributed by atoms with Crippen LogP contribution >= 0.6 is 11.3 Å². The molecular weight excluding hydrogens is 302 g/mol. The van der Waals surface area contributed by atoms with Crippen molar-refractivity contribution >= 4 is 27.3 Å². The molecule has 1 saturated carbocycles. The Morgan fingerprint density at radius 2 is 2.30 bits per heavy atom. The molecule has 112 valence electrons. The lowest BCUT2D eigenvalue weighted by Crippen LogP contribution is -2.42. The molecule has 0 aromatic carbocycles. The second kappa shape index (κ2) is 6.17. The minimum atomic E-state index is -3.78. The van der Waals surface area contributed by atoms with Gasteiger partial charge in [-0.2, -0.15) is 0 Å². The van der Waals surface area contributed by atoms with Crippen LogP contribution in [0.4, 0.5) is 0 Å². The number of nitrogens with one attached hydrogen (secondary N) is 1. The first kappa shape index (κ1) is 15.4. The van der Waals surface area contributed by atoms with Crippen LogP contribution in [0.5, 0.6) is 0 Å². The van der Waals surface area contributed by atoms with Crippen molar-refractivity contribution < 1.29 is 17.9 Å². The SMILES string of the molecule is COC(=O)c1ncsc1S(=O)(=O)NC1CCCC(N)C1. The van der Waals surface area contributed by atoms with Crippen LogP contribution in [0.2, 0.25) is 0 Å². The molecule has 0 spiro atoms. The van der Waals surface area contributed by atoms with E-state index in [1.54, 1.807) is 0 Å². The number of hydrogen-bond donors (Lipinski definition) is 2. The summed E-state index contributed by atoms with van der Waals surface area (Å²) in [5.41, 5.74) is 6.98. The number of nitrogens with two attached hydrogens (primary N) is 1. The van der Waals surface area contributed by atoms with Crippen LogP contribution in [0.1, 0.15) is 36.2 Å². The third kappa shape index (κ3) is 3.35. The van der Waals surface area contributed by atoms with Gasteiger partial charge in [-0.3, -0.25) is 0 Å². The number of sulfonamides is 1. The normalized spacial score (nSPS) is 23.5. The lowest BCUT2D eigenvalue weighted by atomic mass is 9.92. The van der Waals surface area contributed by atoms with Crippen molar-refractivity contribution in [3.63, 3.8) is 0 Å². The number of hydrogen-bond acceptors (Lipinski definition) is 7. The smallest absolute Gasteiger partial charge is 0.358 e. The van der Waals surface area contributed by atoms with Crippen molar-refractivity contribution in [2.24, 2.45) is 5.73 Å². The fourth-order valence-electron chi connectivity index (χ4n) is 2.27. The van der Waals surface area contributed by atoms with Gasteiger partial charge in [-0.1, -0.05) is 6.42 Å². The molecule has 2 unspecified atom stereocenters. The molecule has 20 heavy (non-hydrogen) atoms. The number of carbonyl (C=O) groups is 1.